The highest BCUT2D eigenvalue weighted by molar-refractivity contribution is 7.90. The van der Waals surface area contributed by atoms with E-state index >= 15 is 0 Å². The molecule has 21 heavy (non-hydrogen) atoms. The third-order valence-corrected chi connectivity index (χ3v) is 4.29. The second kappa shape index (κ2) is 9.79. The van der Waals surface area contributed by atoms with Crippen LogP contribution >= 0.6 is 0 Å². The normalized spacial score (nSPS) is 11.5. The lowest BCUT2D eigenvalue weighted by Crippen LogP contribution is -2.15. The molecular weight excluding hydrogens is 286 g/mol. The summed E-state index contributed by atoms with van der Waals surface area (Å²) in [5.74, 6) is 0.627. The van der Waals surface area contributed by atoms with E-state index in [4.69, 9.17) is 4.74 Å². The van der Waals surface area contributed by atoms with Gasteiger partial charge in [-0.05, 0) is 50.6 Å². The van der Waals surface area contributed by atoms with Gasteiger partial charge in [0.05, 0.1) is 11.5 Å². The summed E-state index contributed by atoms with van der Waals surface area (Å²) >= 11 is 0. The molecule has 0 aliphatic rings. The van der Waals surface area contributed by atoms with Crippen molar-refractivity contribution in [2.24, 2.45) is 0 Å². The Bertz CT molecular complexity index is 500. The van der Waals surface area contributed by atoms with Crippen molar-refractivity contribution < 1.29 is 13.2 Å². The zero-order valence-corrected chi connectivity index (χ0v) is 13.9. The smallest absolute Gasteiger partial charge is 0.175 e. The molecule has 1 aromatic carbocycles. The highest BCUT2D eigenvalue weighted by atomic mass is 32.2. The second-order valence-corrected chi connectivity index (χ2v) is 7.28. The molecule has 0 heterocycles. The van der Waals surface area contributed by atoms with Crippen LogP contribution in [-0.4, -0.2) is 34.4 Å². The molecule has 4 nitrogen and oxygen atoms in total. The van der Waals surface area contributed by atoms with Crippen LogP contribution in [0.5, 0.6) is 5.75 Å². The minimum Gasteiger partial charge on any atom is -0.494 e. The van der Waals surface area contributed by atoms with Crippen LogP contribution in [0.2, 0.25) is 0 Å². The van der Waals surface area contributed by atoms with E-state index in [2.05, 4.69) is 12.2 Å². The standard InChI is InChI=1S/C16H27NO3S/c1-3-11-17-12-6-4-5-7-13-20-15-9-8-10-16(14-15)21(2,18)19/h8-10,14,17H,3-7,11-13H2,1-2H3. The van der Waals surface area contributed by atoms with Crippen molar-refractivity contribution in [1.82, 2.24) is 5.32 Å². The van der Waals surface area contributed by atoms with Crippen LogP contribution < -0.4 is 10.1 Å². The number of unbranched alkanes of at least 4 members (excludes halogenated alkanes) is 3. The van der Waals surface area contributed by atoms with Crippen LogP contribution in [0.3, 0.4) is 0 Å². The third kappa shape index (κ3) is 8.07. The van der Waals surface area contributed by atoms with E-state index in [1.165, 1.54) is 25.5 Å². The summed E-state index contributed by atoms with van der Waals surface area (Å²) < 4.78 is 28.5. The Labute approximate surface area is 128 Å². The number of nitrogens with one attached hydrogen (secondary N) is 1. The number of sulfone groups is 1. The topological polar surface area (TPSA) is 55.4 Å². The van der Waals surface area contributed by atoms with E-state index < -0.39 is 9.84 Å². The molecule has 0 aliphatic carbocycles. The second-order valence-electron chi connectivity index (χ2n) is 5.26. The fourth-order valence-electron chi connectivity index (χ4n) is 1.99. The van der Waals surface area contributed by atoms with Gasteiger partial charge in [-0.3, -0.25) is 0 Å². The Morgan fingerprint density at radius 2 is 1.86 bits per heavy atom. The quantitative estimate of drug-likeness (QED) is 0.638. The fraction of sp³-hybridized carbons (Fsp3) is 0.625. The van der Waals surface area contributed by atoms with Crippen molar-refractivity contribution in [2.75, 3.05) is 26.0 Å². The van der Waals surface area contributed by atoms with Crippen molar-refractivity contribution in [2.45, 2.75) is 43.9 Å². The summed E-state index contributed by atoms with van der Waals surface area (Å²) in [5, 5.41) is 3.38. The Morgan fingerprint density at radius 3 is 2.57 bits per heavy atom. The Balaban J connectivity index is 2.16. The molecule has 0 amide bonds. The van der Waals surface area contributed by atoms with E-state index in [1.807, 2.05) is 0 Å². The van der Waals surface area contributed by atoms with Crippen LogP contribution in [-0.2, 0) is 9.84 Å². The van der Waals surface area contributed by atoms with Gasteiger partial charge < -0.3 is 10.1 Å². The molecule has 0 spiro atoms. The van der Waals surface area contributed by atoms with E-state index in [0.29, 0.717) is 17.3 Å². The zero-order chi connectivity index (χ0) is 15.6. The predicted octanol–water partition coefficient (Wildman–Crippen LogP) is 3.03. The number of benzene rings is 1. The molecular formula is C16H27NO3S. The highest BCUT2D eigenvalue weighted by Gasteiger charge is 2.07. The minimum absolute atomic E-state index is 0.307. The molecule has 0 saturated carbocycles. The lowest BCUT2D eigenvalue weighted by molar-refractivity contribution is 0.304. The van der Waals surface area contributed by atoms with Crippen molar-refractivity contribution in [3.05, 3.63) is 24.3 Å². The van der Waals surface area contributed by atoms with Crippen molar-refractivity contribution in [3.8, 4) is 5.75 Å². The van der Waals surface area contributed by atoms with Gasteiger partial charge in [-0.1, -0.05) is 25.8 Å². The first-order valence-electron chi connectivity index (χ1n) is 7.67. The van der Waals surface area contributed by atoms with Crippen LogP contribution in [0.4, 0.5) is 0 Å². The van der Waals surface area contributed by atoms with E-state index in [9.17, 15) is 8.42 Å². The molecule has 5 heteroatoms. The highest BCUT2D eigenvalue weighted by Crippen LogP contribution is 2.17. The fourth-order valence-corrected chi connectivity index (χ4v) is 2.65. The zero-order valence-electron chi connectivity index (χ0n) is 13.1. The SMILES string of the molecule is CCCNCCCCCCOc1cccc(S(C)(=O)=O)c1. The van der Waals surface area contributed by atoms with Crippen LogP contribution in [0.25, 0.3) is 0 Å². The van der Waals surface area contributed by atoms with Gasteiger partial charge in [0.2, 0.25) is 0 Å². The maximum absolute atomic E-state index is 11.4. The van der Waals surface area contributed by atoms with Gasteiger partial charge in [-0.2, -0.15) is 0 Å². The molecule has 0 unspecified atom stereocenters. The summed E-state index contributed by atoms with van der Waals surface area (Å²) in [6.07, 6.45) is 6.92. The average Bonchev–Trinajstić information content (AvgIpc) is 2.45. The van der Waals surface area contributed by atoms with E-state index in [0.717, 1.165) is 25.9 Å². The molecule has 0 aromatic heterocycles. The summed E-state index contributed by atoms with van der Waals surface area (Å²) in [6, 6.07) is 6.68. The molecule has 0 fully saturated rings. The van der Waals surface area contributed by atoms with Gasteiger partial charge in [0.15, 0.2) is 9.84 Å². The maximum atomic E-state index is 11.4. The third-order valence-electron chi connectivity index (χ3n) is 3.18. The lowest BCUT2D eigenvalue weighted by Gasteiger charge is -2.07. The molecule has 0 bridgehead atoms. The number of ether oxygens (including phenoxy) is 1. The summed E-state index contributed by atoms with van der Waals surface area (Å²) in [4.78, 5) is 0.307. The van der Waals surface area contributed by atoms with Crippen molar-refractivity contribution in [1.29, 1.82) is 0 Å². The van der Waals surface area contributed by atoms with Crippen molar-refractivity contribution >= 4 is 9.84 Å². The predicted molar refractivity (Wildman–Crippen MR) is 86.7 cm³/mol. The number of hydrogen-bond donors (Lipinski definition) is 1. The molecule has 0 radical (unpaired) electrons. The van der Waals surface area contributed by atoms with E-state index in [1.54, 1.807) is 24.3 Å². The first-order chi connectivity index (χ1) is 10.0. The number of hydrogen-bond acceptors (Lipinski definition) is 4. The van der Waals surface area contributed by atoms with Crippen molar-refractivity contribution in [3.63, 3.8) is 0 Å². The average molecular weight is 313 g/mol. The van der Waals surface area contributed by atoms with Gasteiger partial charge >= 0.3 is 0 Å². The number of rotatable bonds is 11. The first kappa shape index (κ1) is 18.0. The summed E-state index contributed by atoms with van der Waals surface area (Å²) in [5.41, 5.74) is 0. The molecule has 1 aromatic rings. The Kier molecular flexibility index (Phi) is 8.38. The van der Waals surface area contributed by atoms with Crippen LogP contribution in [0, 0.1) is 0 Å². The Morgan fingerprint density at radius 1 is 1.10 bits per heavy atom. The first-order valence-corrected chi connectivity index (χ1v) is 9.57. The largest absolute Gasteiger partial charge is 0.494 e. The molecule has 0 saturated heterocycles. The molecule has 1 rings (SSSR count). The Hall–Kier alpha value is -1.07. The molecule has 0 aliphatic heterocycles. The molecule has 0 atom stereocenters. The van der Waals surface area contributed by atoms with Gasteiger partial charge in [0, 0.05) is 6.26 Å². The monoisotopic (exact) mass is 313 g/mol. The molecule has 1 N–H and O–H groups in total. The van der Waals surface area contributed by atoms with E-state index in [-0.39, 0.29) is 0 Å². The summed E-state index contributed by atoms with van der Waals surface area (Å²) in [7, 11) is -3.16. The minimum atomic E-state index is -3.16. The lowest BCUT2D eigenvalue weighted by atomic mass is 10.2. The van der Waals surface area contributed by atoms with Gasteiger partial charge in [0.1, 0.15) is 5.75 Å². The summed E-state index contributed by atoms with van der Waals surface area (Å²) in [6.45, 7) is 4.99. The van der Waals surface area contributed by atoms with Gasteiger partial charge in [-0.15, -0.1) is 0 Å². The molecule has 120 valence electrons. The van der Waals surface area contributed by atoms with Crippen LogP contribution in [0.1, 0.15) is 39.0 Å². The maximum Gasteiger partial charge on any atom is 0.175 e. The van der Waals surface area contributed by atoms with Gasteiger partial charge in [-0.25, -0.2) is 8.42 Å². The van der Waals surface area contributed by atoms with Gasteiger partial charge in [0.25, 0.3) is 0 Å². The van der Waals surface area contributed by atoms with Crippen LogP contribution in [0.15, 0.2) is 29.2 Å².